The molecule has 7 heteroatoms. The van der Waals surface area contributed by atoms with E-state index in [1.807, 2.05) is 36.4 Å². The largest absolute Gasteiger partial charge is 0.490 e. The Morgan fingerprint density at radius 1 is 0.920 bits per heavy atom. The molecule has 3 aromatic rings. The molecule has 1 heterocycles. The van der Waals surface area contributed by atoms with E-state index in [2.05, 4.69) is 10.1 Å². The maximum atomic E-state index is 5.90. The van der Waals surface area contributed by atoms with Crippen LogP contribution in [0.25, 0.3) is 0 Å². The van der Waals surface area contributed by atoms with Gasteiger partial charge in [0, 0.05) is 5.02 Å². The quantitative estimate of drug-likeness (QED) is 0.564. The molecular weight excluding hydrogens is 344 g/mol. The molecule has 0 bridgehead atoms. The van der Waals surface area contributed by atoms with Crippen LogP contribution in [0, 0.1) is 6.92 Å². The Bertz CT molecular complexity index is 805. The van der Waals surface area contributed by atoms with Crippen LogP contribution in [0.3, 0.4) is 0 Å². The first kappa shape index (κ1) is 17.1. The summed E-state index contributed by atoms with van der Waals surface area (Å²) in [7, 11) is 0. The van der Waals surface area contributed by atoms with E-state index >= 15 is 0 Å². The molecule has 0 saturated heterocycles. The van der Waals surface area contributed by atoms with E-state index in [9.17, 15) is 0 Å². The molecule has 0 aliphatic heterocycles. The van der Waals surface area contributed by atoms with E-state index in [0.717, 1.165) is 11.5 Å². The lowest BCUT2D eigenvalue weighted by atomic mass is 10.3. The maximum Gasteiger partial charge on any atom is 0.264 e. The van der Waals surface area contributed by atoms with Crippen LogP contribution < -0.4 is 14.2 Å². The third-order valence-electron chi connectivity index (χ3n) is 3.17. The average molecular weight is 361 g/mol. The lowest BCUT2D eigenvalue weighted by molar-refractivity contribution is 0.216. The van der Waals surface area contributed by atoms with Crippen LogP contribution in [0.15, 0.2) is 53.1 Å². The zero-order valence-electron chi connectivity index (χ0n) is 13.6. The van der Waals surface area contributed by atoms with Crippen molar-refractivity contribution in [3.63, 3.8) is 0 Å². The Morgan fingerprint density at radius 2 is 1.60 bits per heavy atom. The van der Waals surface area contributed by atoms with Gasteiger partial charge in [-0.3, -0.25) is 0 Å². The fourth-order valence-electron chi connectivity index (χ4n) is 2.05. The van der Waals surface area contributed by atoms with E-state index < -0.39 is 0 Å². The van der Waals surface area contributed by atoms with Crippen molar-refractivity contribution >= 4 is 11.6 Å². The van der Waals surface area contributed by atoms with Gasteiger partial charge in [-0.1, -0.05) is 22.8 Å². The highest BCUT2D eigenvalue weighted by atomic mass is 35.5. The summed E-state index contributed by atoms with van der Waals surface area (Å²) in [5.41, 5.74) is 0. The van der Waals surface area contributed by atoms with Crippen LogP contribution in [0.2, 0.25) is 5.02 Å². The van der Waals surface area contributed by atoms with Gasteiger partial charge in [-0.15, -0.1) is 0 Å². The van der Waals surface area contributed by atoms with Crippen molar-refractivity contribution in [1.82, 2.24) is 10.1 Å². The molecule has 2 aromatic carbocycles. The molecule has 25 heavy (non-hydrogen) atoms. The zero-order valence-corrected chi connectivity index (χ0v) is 14.4. The fourth-order valence-corrected chi connectivity index (χ4v) is 2.23. The minimum absolute atomic E-state index is 0.231. The number of halogens is 1. The van der Waals surface area contributed by atoms with Crippen molar-refractivity contribution in [3.05, 3.63) is 65.3 Å². The summed E-state index contributed by atoms with van der Waals surface area (Å²) in [5.74, 6) is 3.17. The molecule has 0 spiro atoms. The molecule has 130 valence electrons. The number of aromatic nitrogens is 2. The summed E-state index contributed by atoms with van der Waals surface area (Å²) in [6.45, 7) is 2.84. The van der Waals surface area contributed by atoms with Crippen LogP contribution in [-0.2, 0) is 6.61 Å². The molecule has 0 radical (unpaired) electrons. The lowest BCUT2D eigenvalue weighted by Crippen LogP contribution is -2.08. The molecule has 0 amide bonds. The van der Waals surface area contributed by atoms with Crippen molar-refractivity contribution in [2.24, 2.45) is 0 Å². The number of rotatable bonds is 8. The molecule has 0 atom stereocenters. The highest BCUT2D eigenvalue weighted by molar-refractivity contribution is 6.30. The van der Waals surface area contributed by atoms with Crippen molar-refractivity contribution in [2.45, 2.75) is 13.5 Å². The standard InChI is InChI=1S/C18H17ClN2O4/c1-13-20-18(25-21-13)12-24-16-7-5-15(6-8-16)22-9-10-23-17-4-2-3-14(19)11-17/h2-8,11H,9-10,12H2,1H3. The third-order valence-corrected chi connectivity index (χ3v) is 3.41. The van der Waals surface area contributed by atoms with E-state index in [0.29, 0.717) is 35.7 Å². The van der Waals surface area contributed by atoms with E-state index in [4.69, 9.17) is 30.3 Å². The Kier molecular flexibility index (Phi) is 5.74. The summed E-state index contributed by atoms with van der Waals surface area (Å²) in [6, 6.07) is 14.5. The summed E-state index contributed by atoms with van der Waals surface area (Å²) in [5, 5.41) is 4.35. The highest BCUT2D eigenvalue weighted by Crippen LogP contribution is 2.19. The molecule has 0 N–H and O–H groups in total. The Hall–Kier alpha value is -2.73. The monoisotopic (exact) mass is 360 g/mol. The predicted octanol–water partition coefficient (Wildman–Crippen LogP) is 4.07. The molecule has 0 aliphatic rings. The molecule has 0 unspecified atom stereocenters. The number of benzene rings is 2. The topological polar surface area (TPSA) is 66.6 Å². The Labute approximate surface area is 150 Å². The normalized spacial score (nSPS) is 10.5. The molecule has 1 aromatic heterocycles. The number of ether oxygens (including phenoxy) is 3. The van der Waals surface area contributed by atoms with Crippen LogP contribution in [-0.4, -0.2) is 23.4 Å². The van der Waals surface area contributed by atoms with Crippen LogP contribution in [0.1, 0.15) is 11.7 Å². The van der Waals surface area contributed by atoms with Gasteiger partial charge in [-0.2, -0.15) is 4.98 Å². The third kappa shape index (κ3) is 5.39. The van der Waals surface area contributed by atoms with Crippen LogP contribution in [0.4, 0.5) is 0 Å². The second kappa shape index (κ2) is 8.39. The minimum Gasteiger partial charge on any atom is -0.490 e. The molecule has 6 nitrogen and oxygen atoms in total. The molecule has 0 fully saturated rings. The summed E-state index contributed by atoms with van der Waals surface area (Å²) >= 11 is 5.90. The molecule has 0 aliphatic carbocycles. The van der Waals surface area contributed by atoms with Gasteiger partial charge < -0.3 is 18.7 Å². The first-order valence-corrected chi connectivity index (χ1v) is 8.10. The highest BCUT2D eigenvalue weighted by Gasteiger charge is 2.04. The Balaban J connectivity index is 1.40. The van der Waals surface area contributed by atoms with Gasteiger partial charge in [-0.25, -0.2) is 0 Å². The first-order valence-electron chi connectivity index (χ1n) is 7.72. The summed E-state index contributed by atoms with van der Waals surface area (Å²) in [6.07, 6.45) is 0. The average Bonchev–Trinajstić information content (AvgIpc) is 3.03. The second-order valence-corrected chi connectivity index (χ2v) is 5.59. The number of nitrogens with zero attached hydrogens (tertiary/aromatic N) is 2. The predicted molar refractivity (Wildman–Crippen MR) is 92.3 cm³/mol. The lowest BCUT2D eigenvalue weighted by Gasteiger charge is -2.09. The van der Waals surface area contributed by atoms with Gasteiger partial charge in [0.1, 0.15) is 30.5 Å². The van der Waals surface area contributed by atoms with Crippen molar-refractivity contribution < 1.29 is 18.7 Å². The van der Waals surface area contributed by atoms with Gasteiger partial charge in [0.05, 0.1) is 0 Å². The van der Waals surface area contributed by atoms with Gasteiger partial charge in [0.15, 0.2) is 12.4 Å². The molecule has 0 saturated carbocycles. The van der Waals surface area contributed by atoms with Gasteiger partial charge in [0.25, 0.3) is 5.89 Å². The number of hydrogen-bond acceptors (Lipinski definition) is 6. The SMILES string of the molecule is Cc1noc(COc2ccc(OCCOc3cccc(Cl)c3)cc2)n1. The minimum atomic E-state index is 0.231. The van der Waals surface area contributed by atoms with Crippen molar-refractivity contribution in [2.75, 3.05) is 13.2 Å². The molecule has 3 rings (SSSR count). The van der Waals surface area contributed by atoms with Crippen LogP contribution >= 0.6 is 11.6 Å². The van der Waals surface area contributed by atoms with Gasteiger partial charge in [0.2, 0.25) is 0 Å². The van der Waals surface area contributed by atoms with Crippen molar-refractivity contribution in [1.29, 1.82) is 0 Å². The number of aryl methyl sites for hydroxylation is 1. The zero-order chi connectivity index (χ0) is 17.5. The smallest absolute Gasteiger partial charge is 0.264 e. The maximum absolute atomic E-state index is 5.90. The van der Waals surface area contributed by atoms with E-state index in [-0.39, 0.29) is 6.61 Å². The Morgan fingerprint density at radius 3 is 2.24 bits per heavy atom. The number of hydrogen-bond donors (Lipinski definition) is 0. The van der Waals surface area contributed by atoms with Crippen LogP contribution in [0.5, 0.6) is 17.2 Å². The molecular formula is C18H17ClN2O4. The van der Waals surface area contributed by atoms with Gasteiger partial charge in [-0.05, 0) is 49.4 Å². The van der Waals surface area contributed by atoms with Crippen molar-refractivity contribution in [3.8, 4) is 17.2 Å². The summed E-state index contributed by atoms with van der Waals surface area (Å²) < 4.78 is 21.7. The van der Waals surface area contributed by atoms with E-state index in [1.54, 1.807) is 19.1 Å². The van der Waals surface area contributed by atoms with Gasteiger partial charge >= 0.3 is 0 Å². The first-order chi connectivity index (χ1) is 12.2. The summed E-state index contributed by atoms with van der Waals surface area (Å²) in [4.78, 5) is 4.07. The second-order valence-electron chi connectivity index (χ2n) is 5.15. The van der Waals surface area contributed by atoms with E-state index in [1.165, 1.54) is 0 Å². The fraction of sp³-hybridized carbons (Fsp3) is 0.222.